The average molecular weight is 294 g/mol. The van der Waals surface area contributed by atoms with Crippen LogP contribution in [0.2, 0.25) is 0 Å². The largest absolute Gasteiger partial charge is 0.497 e. The summed E-state index contributed by atoms with van der Waals surface area (Å²) in [5.41, 5.74) is 11.8. The maximum absolute atomic E-state index is 12.1. The molecule has 7 heteroatoms. The van der Waals surface area contributed by atoms with E-state index in [0.29, 0.717) is 11.4 Å². The van der Waals surface area contributed by atoms with Crippen LogP contribution in [-0.2, 0) is 10.1 Å². The molecule has 0 atom stereocenters. The first-order chi connectivity index (χ1) is 9.42. The highest BCUT2D eigenvalue weighted by Crippen LogP contribution is 2.25. The normalized spacial score (nSPS) is 11.1. The Balaban J connectivity index is 2.27. The van der Waals surface area contributed by atoms with E-state index in [-0.39, 0.29) is 16.3 Å². The highest BCUT2D eigenvalue weighted by Gasteiger charge is 2.17. The number of hydrogen-bond acceptors (Lipinski definition) is 6. The van der Waals surface area contributed by atoms with Gasteiger partial charge < -0.3 is 20.4 Å². The number of ether oxygens (including phenoxy) is 1. The molecule has 6 nitrogen and oxygen atoms in total. The molecule has 0 heterocycles. The fraction of sp³-hybridized carbons (Fsp3) is 0.0769. The maximum atomic E-state index is 12.1. The molecular formula is C13H14N2O4S. The van der Waals surface area contributed by atoms with E-state index in [1.807, 2.05) is 0 Å². The van der Waals surface area contributed by atoms with E-state index in [1.165, 1.54) is 49.6 Å². The van der Waals surface area contributed by atoms with Crippen LogP contribution in [0.25, 0.3) is 0 Å². The summed E-state index contributed by atoms with van der Waals surface area (Å²) in [6, 6.07) is 10.1. The van der Waals surface area contributed by atoms with Gasteiger partial charge in [-0.2, -0.15) is 8.42 Å². The van der Waals surface area contributed by atoms with Crippen molar-refractivity contribution in [1.82, 2.24) is 0 Å². The number of anilines is 2. The van der Waals surface area contributed by atoms with Gasteiger partial charge in [-0.3, -0.25) is 0 Å². The summed E-state index contributed by atoms with van der Waals surface area (Å²) in [5.74, 6) is 0.660. The van der Waals surface area contributed by atoms with Gasteiger partial charge in [0.25, 0.3) is 0 Å². The van der Waals surface area contributed by atoms with Crippen LogP contribution < -0.4 is 20.4 Å². The van der Waals surface area contributed by atoms with Crippen LogP contribution >= 0.6 is 0 Å². The van der Waals surface area contributed by atoms with Crippen molar-refractivity contribution in [3.63, 3.8) is 0 Å². The van der Waals surface area contributed by atoms with Gasteiger partial charge in [-0.05, 0) is 36.4 Å². The molecule has 0 aliphatic carbocycles. The molecule has 20 heavy (non-hydrogen) atoms. The summed E-state index contributed by atoms with van der Waals surface area (Å²) in [7, 11) is -2.42. The second kappa shape index (κ2) is 5.30. The fourth-order valence-electron chi connectivity index (χ4n) is 1.52. The molecule has 4 N–H and O–H groups in total. The molecule has 2 aromatic carbocycles. The lowest BCUT2D eigenvalue weighted by atomic mass is 10.3. The molecule has 0 unspecified atom stereocenters. The first-order valence-corrected chi connectivity index (χ1v) is 7.07. The standard InChI is InChI=1S/C13H14N2O4S/c1-18-9-2-5-11(6-3-9)20(16,17)19-10-4-7-12(14)13(15)8-10/h2-8H,14-15H2,1H3. The van der Waals surface area contributed by atoms with E-state index < -0.39 is 10.1 Å². The SMILES string of the molecule is COc1ccc(S(=O)(=O)Oc2ccc(N)c(N)c2)cc1. The van der Waals surface area contributed by atoms with E-state index >= 15 is 0 Å². The minimum absolute atomic E-state index is 0.0219. The third-order valence-electron chi connectivity index (χ3n) is 2.61. The Bertz CT molecular complexity index is 712. The molecular weight excluding hydrogens is 280 g/mol. The topological polar surface area (TPSA) is 105 Å². The molecule has 0 spiro atoms. The fourth-order valence-corrected chi connectivity index (χ4v) is 2.44. The van der Waals surface area contributed by atoms with Crippen LogP contribution in [0.15, 0.2) is 47.4 Å². The molecule has 2 rings (SSSR count). The van der Waals surface area contributed by atoms with Crippen LogP contribution in [0.3, 0.4) is 0 Å². The van der Waals surface area contributed by atoms with E-state index in [2.05, 4.69) is 0 Å². The molecule has 0 amide bonds. The predicted octanol–water partition coefficient (Wildman–Crippen LogP) is 1.63. The van der Waals surface area contributed by atoms with Crippen molar-refractivity contribution in [3.8, 4) is 11.5 Å². The molecule has 0 saturated heterocycles. The zero-order chi connectivity index (χ0) is 14.8. The van der Waals surface area contributed by atoms with Gasteiger partial charge in [0, 0.05) is 6.07 Å². The van der Waals surface area contributed by atoms with Crippen molar-refractivity contribution < 1.29 is 17.3 Å². The van der Waals surface area contributed by atoms with Gasteiger partial charge in [-0.15, -0.1) is 0 Å². The van der Waals surface area contributed by atoms with E-state index in [9.17, 15) is 8.42 Å². The van der Waals surface area contributed by atoms with Crippen LogP contribution in [0.4, 0.5) is 11.4 Å². The van der Waals surface area contributed by atoms with Gasteiger partial charge in [-0.1, -0.05) is 0 Å². The van der Waals surface area contributed by atoms with E-state index in [1.54, 1.807) is 0 Å². The molecule has 106 valence electrons. The van der Waals surface area contributed by atoms with Crippen LogP contribution in [-0.4, -0.2) is 15.5 Å². The third kappa shape index (κ3) is 2.94. The van der Waals surface area contributed by atoms with Crippen molar-refractivity contribution >= 4 is 21.5 Å². The van der Waals surface area contributed by atoms with Gasteiger partial charge in [0.05, 0.1) is 18.5 Å². The van der Waals surface area contributed by atoms with Crippen molar-refractivity contribution in [2.75, 3.05) is 18.6 Å². The summed E-state index contributed by atoms with van der Waals surface area (Å²) in [6.45, 7) is 0. The molecule has 0 radical (unpaired) electrons. The predicted molar refractivity (Wildman–Crippen MR) is 76.1 cm³/mol. The van der Waals surface area contributed by atoms with Crippen LogP contribution in [0.1, 0.15) is 0 Å². The Kier molecular flexibility index (Phi) is 3.71. The lowest BCUT2D eigenvalue weighted by Gasteiger charge is -2.09. The molecule has 0 saturated carbocycles. The number of hydrogen-bond donors (Lipinski definition) is 2. The summed E-state index contributed by atoms with van der Waals surface area (Å²) in [4.78, 5) is 0.0219. The monoisotopic (exact) mass is 294 g/mol. The van der Waals surface area contributed by atoms with Gasteiger partial charge in [0.2, 0.25) is 0 Å². The number of nitrogen functional groups attached to an aromatic ring is 2. The number of nitrogens with two attached hydrogens (primary N) is 2. The molecule has 0 aliphatic heterocycles. The highest BCUT2D eigenvalue weighted by atomic mass is 32.2. The molecule has 0 bridgehead atoms. The zero-order valence-electron chi connectivity index (χ0n) is 10.7. The highest BCUT2D eigenvalue weighted by molar-refractivity contribution is 7.87. The smallest absolute Gasteiger partial charge is 0.339 e. The molecule has 0 aromatic heterocycles. The van der Waals surface area contributed by atoms with Gasteiger partial charge in [0.1, 0.15) is 16.4 Å². The molecule has 0 aliphatic rings. The lowest BCUT2D eigenvalue weighted by Crippen LogP contribution is -2.10. The summed E-state index contributed by atoms with van der Waals surface area (Å²) in [6.07, 6.45) is 0. The quantitative estimate of drug-likeness (QED) is 0.656. The summed E-state index contributed by atoms with van der Waals surface area (Å²) >= 11 is 0. The minimum atomic E-state index is -3.92. The molecule has 0 fully saturated rings. The second-order valence-electron chi connectivity index (χ2n) is 4.00. The summed E-state index contributed by atoms with van der Waals surface area (Å²) < 4.78 is 34.1. The number of methoxy groups -OCH3 is 1. The maximum Gasteiger partial charge on any atom is 0.339 e. The van der Waals surface area contributed by atoms with Gasteiger partial charge in [-0.25, -0.2) is 0 Å². The average Bonchev–Trinajstić information content (AvgIpc) is 2.43. The van der Waals surface area contributed by atoms with E-state index in [4.69, 9.17) is 20.4 Å². The number of rotatable bonds is 4. The Morgan fingerprint density at radius 2 is 1.50 bits per heavy atom. The van der Waals surface area contributed by atoms with Gasteiger partial charge >= 0.3 is 10.1 Å². The third-order valence-corrected chi connectivity index (χ3v) is 3.87. The first kappa shape index (κ1) is 14.0. The zero-order valence-corrected chi connectivity index (χ0v) is 11.6. The Morgan fingerprint density at radius 3 is 2.05 bits per heavy atom. The second-order valence-corrected chi connectivity index (χ2v) is 5.55. The Hall–Kier alpha value is -2.41. The first-order valence-electron chi connectivity index (χ1n) is 5.66. The van der Waals surface area contributed by atoms with Crippen LogP contribution in [0, 0.1) is 0 Å². The minimum Gasteiger partial charge on any atom is -0.497 e. The summed E-state index contributed by atoms with van der Waals surface area (Å²) in [5, 5.41) is 0. The lowest BCUT2D eigenvalue weighted by molar-refractivity contribution is 0.414. The van der Waals surface area contributed by atoms with Crippen LogP contribution in [0.5, 0.6) is 11.5 Å². The van der Waals surface area contributed by atoms with Crippen molar-refractivity contribution in [2.45, 2.75) is 4.90 Å². The number of benzene rings is 2. The molecule has 2 aromatic rings. The Labute approximate surface area is 117 Å². The van der Waals surface area contributed by atoms with E-state index in [0.717, 1.165) is 0 Å². The van der Waals surface area contributed by atoms with Crippen molar-refractivity contribution in [1.29, 1.82) is 0 Å². The van der Waals surface area contributed by atoms with Crippen molar-refractivity contribution in [2.24, 2.45) is 0 Å². The Morgan fingerprint density at radius 1 is 0.900 bits per heavy atom. The van der Waals surface area contributed by atoms with Crippen molar-refractivity contribution in [3.05, 3.63) is 42.5 Å². The van der Waals surface area contributed by atoms with Gasteiger partial charge in [0.15, 0.2) is 0 Å².